The van der Waals surface area contributed by atoms with Gasteiger partial charge in [0.05, 0.1) is 13.2 Å². The van der Waals surface area contributed by atoms with Crippen molar-refractivity contribution in [2.45, 2.75) is 11.0 Å². The molecule has 1 unspecified atom stereocenters. The summed E-state index contributed by atoms with van der Waals surface area (Å²) < 4.78 is 5.09. The van der Waals surface area contributed by atoms with Crippen molar-refractivity contribution < 1.29 is 14.6 Å². The number of hydrogen-bond acceptors (Lipinski definition) is 4. The van der Waals surface area contributed by atoms with Crippen molar-refractivity contribution in [3.63, 3.8) is 0 Å². The lowest BCUT2D eigenvalue weighted by Gasteiger charge is -2.13. The number of aliphatic hydroxyl groups excluding tert-OH is 1. The van der Waals surface area contributed by atoms with Gasteiger partial charge in [0, 0.05) is 17.0 Å². The highest BCUT2D eigenvalue weighted by atomic mass is 32.2. The molecule has 0 heterocycles. The van der Waals surface area contributed by atoms with Crippen LogP contribution in [0.5, 0.6) is 5.75 Å². The van der Waals surface area contributed by atoms with E-state index < -0.39 is 6.10 Å². The number of methoxy groups -OCH3 is 1. The molecule has 0 radical (unpaired) electrons. The maximum absolute atomic E-state index is 12.1. The first-order valence-corrected chi connectivity index (χ1v) is 8.11. The fraction of sp³-hybridized carbons (Fsp3) is 0.235. The van der Waals surface area contributed by atoms with Crippen LogP contribution in [0, 0.1) is 0 Å². The Morgan fingerprint density at radius 1 is 1.27 bits per heavy atom. The van der Waals surface area contributed by atoms with Crippen molar-refractivity contribution in [2.24, 2.45) is 0 Å². The number of ether oxygens (including phenoxy) is 1. The zero-order valence-corrected chi connectivity index (χ0v) is 13.4. The third kappa shape index (κ3) is 4.26. The molecule has 1 amide bonds. The average molecular weight is 317 g/mol. The van der Waals surface area contributed by atoms with Crippen LogP contribution in [0.15, 0.2) is 53.4 Å². The van der Waals surface area contributed by atoms with Gasteiger partial charge in [-0.2, -0.15) is 0 Å². The first kappa shape index (κ1) is 16.4. The number of benzene rings is 2. The molecular formula is C17H19NO3S. The maximum atomic E-state index is 12.1. The van der Waals surface area contributed by atoms with E-state index in [2.05, 4.69) is 5.32 Å². The molecule has 0 aliphatic rings. The summed E-state index contributed by atoms with van der Waals surface area (Å²) in [6.07, 6.45) is 1.27. The lowest BCUT2D eigenvalue weighted by atomic mass is 10.1. The Kier molecular flexibility index (Phi) is 5.86. The zero-order valence-electron chi connectivity index (χ0n) is 12.6. The molecule has 116 valence electrons. The largest absolute Gasteiger partial charge is 0.497 e. The van der Waals surface area contributed by atoms with Gasteiger partial charge in [-0.1, -0.05) is 18.2 Å². The maximum Gasteiger partial charge on any atom is 0.251 e. The van der Waals surface area contributed by atoms with Gasteiger partial charge < -0.3 is 15.2 Å². The molecule has 5 heteroatoms. The monoisotopic (exact) mass is 317 g/mol. The quantitative estimate of drug-likeness (QED) is 0.804. The molecule has 0 saturated carbocycles. The van der Waals surface area contributed by atoms with Gasteiger partial charge in [0.25, 0.3) is 5.91 Å². The van der Waals surface area contributed by atoms with Crippen molar-refractivity contribution >= 4 is 17.7 Å². The van der Waals surface area contributed by atoms with Crippen molar-refractivity contribution in [1.82, 2.24) is 5.32 Å². The summed E-state index contributed by atoms with van der Waals surface area (Å²) in [6, 6.07) is 14.5. The normalized spacial score (nSPS) is 11.8. The summed E-state index contributed by atoms with van der Waals surface area (Å²) in [5.41, 5.74) is 1.29. The molecule has 0 spiro atoms. The Bertz CT molecular complexity index is 628. The van der Waals surface area contributed by atoms with Gasteiger partial charge in [-0.15, -0.1) is 11.8 Å². The molecule has 1 atom stereocenters. The third-order valence-corrected chi connectivity index (χ3v) is 4.03. The van der Waals surface area contributed by atoms with Crippen LogP contribution >= 0.6 is 11.8 Å². The lowest BCUT2D eigenvalue weighted by Crippen LogP contribution is -2.28. The minimum atomic E-state index is -0.731. The molecule has 4 nitrogen and oxygen atoms in total. The fourth-order valence-corrected chi connectivity index (χ4v) is 2.41. The van der Waals surface area contributed by atoms with E-state index in [1.807, 2.05) is 30.5 Å². The first-order chi connectivity index (χ1) is 10.6. The minimum Gasteiger partial charge on any atom is -0.497 e. The van der Waals surface area contributed by atoms with Crippen LogP contribution in [0.2, 0.25) is 0 Å². The highest BCUT2D eigenvalue weighted by molar-refractivity contribution is 7.98. The summed E-state index contributed by atoms with van der Waals surface area (Å²) in [4.78, 5) is 13.2. The zero-order chi connectivity index (χ0) is 15.9. The smallest absolute Gasteiger partial charge is 0.251 e. The highest BCUT2D eigenvalue weighted by Gasteiger charge is 2.11. The van der Waals surface area contributed by atoms with Gasteiger partial charge in [-0.3, -0.25) is 4.79 Å². The molecule has 0 fully saturated rings. The molecule has 0 aromatic heterocycles. The van der Waals surface area contributed by atoms with Crippen molar-refractivity contribution in [3.05, 3.63) is 59.7 Å². The van der Waals surface area contributed by atoms with Gasteiger partial charge in [-0.05, 0) is 42.2 Å². The number of carbonyl (C=O) groups is 1. The first-order valence-electron chi connectivity index (χ1n) is 6.88. The van der Waals surface area contributed by atoms with E-state index in [-0.39, 0.29) is 12.5 Å². The van der Waals surface area contributed by atoms with Crippen molar-refractivity contribution in [2.75, 3.05) is 19.9 Å². The summed E-state index contributed by atoms with van der Waals surface area (Å²) in [5.74, 6) is 0.388. The molecule has 2 aromatic rings. The lowest BCUT2D eigenvalue weighted by molar-refractivity contribution is 0.0916. The van der Waals surface area contributed by atoms with Crippen LogP contribution < -0.4 is 10.1 Å². The second kappa shape index (κ2) is 7.87. The Hall–Kier alpha value is -1.98. The second-order valence-corrected chi connectivity index (χ2v) is 5.61. The average Bonchev–Trinajstić information content (AvgIpc) is 2.59. The predicted molar refractivity (Wildman–Crippen MR) is 88.5 cm³/mol. The van der Waals surface area contributed by atoms with Crippen LogP contribution in [-0.2, 0) is 0 Å². The number of nitrogens with one attached hydrogen (secondary N) is 1. The van der Waals surface area contributed by atoms with E-state index in [9.17, 15) is 9.90 Å². The molecule has 2 N–H and O–H groups in total. The summed E-state index contributed by atoms with van der Waals surface area (Å²) in [6.45, 7) is 0.161. The van der Waals surface area contributed by atoms with Gasteiger partial charge in [0.1, 0.15) is 5.75 Å². The van der Waals surface area contributed by atoms with Gasteiger partial charge >= 0.3 is 0 Å². The van der Waals surface area contributed by atoms with E-state index in [1.165, 1.54) is 0 Å². The van der Waals surface area contributed by atoms with Crippen LogP contribution in [-0.4, -0.2) is 30.9 Å². The second-order valence-electron chi connectivity index (χ2n) is 4.73. The van der Waals surface area contributed by atoms with E-state index >= 15 is 0 Å². The predicted octanol–water partition coefficient (Wildman–Crippen LogP) is 2.88. The number of thioether (sulfide) groups is 1. The Morgan fingerprint density at radius 2 is 2.00 bits per heavy atom. The summed E-state index contributed by atoms with van der Waals surface area (Å²) >= 11 is 1.64. The number of carbonyl (C=O) groups excluding carboxylic acids is 1. The molecule has 0 aliphatic carbocycles. The topological polar surface area (TPSA) is 58.6 Å². The number of amides is 1. The van der Waals surface area contributed by atoms with Crippen LogP contribution in [0.3, 0.4) is 0 Å². The number of hydrogen-bond donors (Lipinski definition) is 2. The fourth-order valence-electron chi connectivity index (χ4n) is 2.00. The van der Waals surface area contributed by atoms with E-state index in [4.69, 9.17) is 4.74 Å². The van der Waals surface area contributed by atoms with Gasteiger partial charge in [0.15, 0.2) is 0 Å². The Balaban J connectivity index is 1.94. The number of rotatable bonds is 6. The molecule has 2 rings (SSSR count). The Morgan fingerprint density at radius 3 is 2.64 bits per heavy atom. The summed E-state index contributed by atoms with van der Waals surface area (Å²) in [7, 11) is 1.55. The molecule has 2 aromatic carbocycles. The summed E-state index contributed by atoms with van der Waals surface area (Å²) in [5, 5.41) is 12.9. The number of aliphatic hydroxyl groups is 1. The Labute approximate surface area is 134 Å². The molecular weight excluding hydrogens is 298 g/mol. The molecule has 0 saturated heterocycles. The van der Waals surface area contributed by atoms with E-state index in [1.54, 1.807) is 43.1 Å². The van der Waals surface area contributed by atoms with Crippen LogP contribution in [0.4, 0.5) is 0 Å². The van der Waals surface area contributed by atoms with Crippen LogP contribution in [0.1, 0.15) is 22.0 Å². The van der Waals surface area contributed by atoms with Crippen molar-refractivity contribution in [3.8, 4) is 5.75 Å². The third-order valence-electron chi connectivity index (χ3n) is 3.29. The highest BCUT2D eigenvalue weighted by Crippen LogP contribution is 2.19. The minimum absolute atomic E-state index is 0.161. The molecule has 0 aliphatic heterocycles. The van der Waals surface area contributed by atoms with Gasteiger partial charge in [0.2, 0.25) is 0 Å². The molecule has 22 heavy (non-hydrogen) atoms. The van der Waals surface area contributed by atoms with E-state index in [0.717, 1.165) is 10.5 Å². The SMILES string of the molecule is COc1cccc(C(=O)NCC(O)c2ccc(SC)cc2)c1. The van der Waals surface area contributed by atoms with Crippen molar-refractivity contribution in [1.29, 1.82) is 0 Å². The van der Waals surface area contributed by atoms with Gasteiger partial charge in [-0.25, -0.2) is 0 Å². The molecule has 0 bridgehead atoms. The standard InChI is InChI=1S/C17H19NO3S/c1-21-14-5-3-4-13(10-14)17(20)18-11-16(19)12-6-8-15(22-2)9-7-12/h3-10,16,19H,11H2,1-2H3,(H,18,20). The van der Waals surface area contributed by atoms with Crippen LogP contribution in [0.25, 0.3) is 0 Å². The van der Waals surface area contributed by atoms with E-state index in [0.29, 0.717) is 11.3 Å².